The highest BCUT2D eigenvalue weighted by molar-refractivity contribution is 7.97. The van der Waals surface area contributed by atoms with E-state index in [0.717, 1.165) is 0 Å². The summed E-state index contributed by atoms with van der Waals surface area (Å²) in [5.41, 5.74) is 0. The molecule has 0 aromatic heterocycles. The van der Waals surface area contributed by atoms with Gasteiger partial charge in [-0.15, -0.1) is 4.91 Å². The highest BCUT2D eigenvalue weighted by Gasteiger charge is 2.44. The average molecular weight is 353 g/mol. The van der Waals surface area contributed by atoms with E-state index in [1.54, 1.807) is 0 Å². The number of rotatable bonds is 7. The van der Waals surface area contributed by atoms with Crippen LogP contribution in [0.5, 0.6) is 0 Å². The Hall–Kier alpha value is -1.31. The Morgan fingerprint density at radius 2 is 1.96 bits per heavy atom. The first-order chi connectivity index (χ1) is 10.8. The summed E-state index contributed by atoms with van der Waals surface area (Å²) >= 11 is 0.510. The summed E-state index contributed by atoms with van der Waals surface area (Å²) in [6.07, 6.45) is -6.01. The van der Waals surface area contributed by atoms with Crippen LogP contribution in [-0.2, 0) is 14.3 Å². The Bertz CT molecular complexity index is 439. The van der Waals surface area contributed by atoms with Crippen LogP contribution in [0, 0.1) is 4.91 Å². The SMILES string of the molecule is CC(=O)N[C@@H](CSN=O)C(=O)N[C@@H]1[C@@H](O)[C@H](O)[C@@H](CO)O[C@@H]1O. The van der Waals surface area contributed by atoms with Crippen LogP contribution in [0.3, 0.4) is 0 Å². The number of amides is 2. The number of hydrogen-bond donors (Lipinski definition) is 6. The lowest BCUT2D eigenvalue weighted by molar-refractivity contribution is -0.253. The van der Waals surface area contributed by atoms with E-state index in [0.29, 0.717) is 11.9 Å². The molecule has 23 heavy (non-hydrogen) atoms. The number of nitrogens with one attached hydrogen (secondary N) is 2. The highest BCUT2D eigenvalue weighted by Crippen LogP contribution is 2.20. The van der Waals surface area contributed by atoms with Crippen molar-refractivity contribution in [2.75, 3.05) is 12.4 Å². The first-order valence-electron chi connectivity index (χ1n) is 6.64. The second-order valence-electron chi connectivity index (χ2n) is 4.89. The summed E-state index contributed by atoms with van der Waals surface area (Å²) in [5, 5.41) is 42.9. The smallest absolute Gasteiger partial charge is 0.243 e. The zero-order chi connectivity index (χ0) is 17.6. The van der Waals surface area contributed by atoms with Crippen molar-refractivity contribution in [3.8, 4) is 0 Å². The van der Waals surface area contributed by atoms with E-state index in [1.807, 2.05) is 0 Å². The van der Waals surface area contributed by atoms with Gasteiger partial charge in [-0.2, -0.15) is 0 Å². The van der Waals surface area contributed by atoms with Gasteiger partial charge < -0.3 is 35.8 Å². The number of hydrogen-bond acceptors (Lipinski definition) is 10. The van der Waals surface area contributed by atoms with Gasteiger partial charge >= 0.3 is 0 Å². The van der Waals surface area contributed by atoms with Crippen LogP contribution in [-0.4, -0.2) is 81.3 Å². The van der Waals surface area contributed by atoms with Gasteiger partial charge in [0.1, 0.15) is 30.4 Å². The second-order valence-corrected chi connectivity index (χ2v) is 5.63. The number of aliphatic hydroxyl groups excluding tert-OH is 4. The maximum atomic E-state index is 12.1. The Kier molecular flexibility index (Phi) is 7.81. The lowest BCUT2D eigenvalue weighted by Gasteiger charge is -2.40. The van der Waals surface area contributed by atoms with E-state index in [9.17, 15) is 29.8 Å². The van der Waals surface area contributed by atoms with Crippen LogP contribution in [0.15, 0.2) is 4.58 Å². The Morgan fingerprint density at radius 3 is 2.48 bits per heavy atom. The molecule has 1 rings (SSSR count). The predicted octanol–water partition coefficient (Wildman–Crippen LogP) is -3.18. The minimum Gasteiger partial charge on any atom is -0.394 e. The predicted molar refractivity (Wildman–Crippen MR) is 77.8 cm³/mol. The number of carbonyl (C=O) groups is 2. The molecule has 2 amide bonds. The molecule has 1 heterocycles. The van der Waals surface area contributed by atoms with E-state index in [-0.39, 0.29) is 5.75 Å². The second kappa shape index (κ2) is 9.10. The first-order valence-corrected chi connectivity index (χ1v) is 7.58. The molecule has 132 valence electrons. The van der Waals surface area contributed by atoms with Gasteiger partial charge in [0.15, 0.2) is 6.29 Å². The van der Waals surface area contributed by atoms with Gasteiger partial charge in [0.05, 0.1) is 6.61 Å². The molecular formula is C11H19N3O8S. The molecular weight excluding hydrogens is 334 g/mol. The monoisotopic (exact) mass is 353 g/mol. The van der Waals surface area contributed by atoms with E-state index < -0.39 is 55.1 Å². The topological polar surface area (TPSA) is 178 Å². The molecule has 0 radical (unpaired) electrons. The maximum absolute atomic E-state index is 12.1. The molecule has 0 spiro atoms. The van der Waals surface area contributed by atoms with Gasteiger partial charge in [-0.1, -0.05) is 0 Å². The Morgan fingerprint density at radius 1 is 1.30 bits per heavy atom. The fraction of sp³-hybridized carbons (Fsp3) is 0.818. The summed E-state index contributed by atoms with van der Waals surface area (Å²) < 4.78 is 7.41. The summed E-state index contributed by atoms with van der Waals surface area (Å²) in [6, 6.07) is -2.52. The number of nitrogens with zero attached hydrogens (tertiary/aromatic N) is 1. The van der Waals surface area contributed by atoms with E-state index in [2.05, 4.69) is 15.2 Å². The fourth-order valence-corrected chi connectivity index (χ4v) is 2.50. The first kappa shape index (κ1) is 19.7. The molecule has 1 saturated heterocycles. The van der Waals surface area contributed by atoms with Gasteiger partial charge in [-0.3, -0.25) is 9.59 Å². The van der Waals surface area contributed by atoms with Crippen molar-refractivity contribution in [3.63, 3.8) is 0 Å². The van der Waals surface area contributed by atoms with E-state index in [1.165, 1.54) is 6.92 Å². The summed E-state index contributed by atoms with van der Waals surface area (Å²) in [7, 11) is 0. The van der Waals surface area contributed by atoms with Crippen LogP contribution in [0.4, 0.5) is 0 Å². The van der Waals surface area contributed by atoms with Crippen LogP contribution in [0.2, 0.25) is 0 Å². The fourth-order valence-electron chi connectivity index (χ4n) is 2.05. The van der Waals surface area contributed by atoms with Crippen LogP contribution < -0.4 is 10.6 Å². The molecule has 1 aliphatic heterocycles. The van der Waals surface area contributed by atoms with Crippen molar-refractivity contribution in [2.45, 2.75) is 43.6 Å². The zero-order valence-electron chi connectivity index (χ0n) is 12.2. The highest BCUT2D eigenvalue weighted by atomic mass is 32.2. The van der Waals surface area contributed by atoms with Crippen molar-refractivity contribution in [1.82, 2.24) is 10.6 Å². The largest absolute Gasteiger partial charge is 0.394 e. The van der Waals surface area contributed by atoms with Crippen molar-refractivity contribution >= 4 is 23.8 Å². The minimum atomic E-state index is -1.68. The molecule has 0 bridgehead atoms. The Balaban J connectivity index is 2.75. The molecule has 6 N–H and O–H groups in total. The third-order valence-corrected chi connectivity index (χ3v) is 3.78. The third-order valence-electron chi connectivity index (χ3n) is 3.20. The molecule has 0 saturated carbocycles. The number of aliphatic hydroxyl groups is 4. The van der Waals surface area contributed by atoms with Gasteiger partial charge in [-0.25, -0.2) is 0 Å². The van der Waals surface area contributed by atoms with Crippen LogP contribution in [0.25, 0.3) is 0 Å². The molecule has 0 aliphatic carbocycles. The van der Waals surface area contributed by atoms with Crippen molar-refractivity contribution in [1.29, 1.82) is 0 Å². The molecule has 0 unspecified atom stereocenters. The van der Waals surface area contributed by atoms with Crippen LogP contribution >= 0.6 is 11.9 Å². The standard InChI is InChI=1S/C11H19N3O8S/c1-4(16)12-5(3-23-14-21)10(19)13-7-9(18)8(17)6(2-15)22-11(7)20/h5-9,11,15,17-18,20H,2-3H2,1H3,(H,12,16)(H,13,19)/t5-,6+,7+,8+,9+,11-/m0/s1. The summed E-state index contributed by atoms with van der Waals surface area (Å²) in [4.78, 5) is 33.3. The van der Waals surface area contributed by atoms with Gasteiger partial charge in [-0.05, 0) is 0 Å². The van der Waals surface area contributed by atoms with Crippen LogP contribution in [0.1, 0.15) is 6.92 Å². The number of ether oxygens (including phenoxy) is 1. The number of nitroso groups, excluding NO2 is 1. The normalized spacial score (nSPS) is 32.0. The summed E-state index contributed by atoms with van der Waals surface area (Å²) in [6.45, 7) is 0.536. The van der Waals surface area contributed by atoms with E-state index in [4.69, 9.17) is 9.84 Å². The third kappa shape index (κ3) is 5.37. The van der Waals surface area contributed by atoms with Crippen molar-refractivity contribution in [3.05, 3.63) is 4.91 Å². The van der Waals surface area contributed by atoms with Gasteiger partial charge in [0, 0.05) is 29.2 Å². The van der Waals surface area contributed by atoms with Crippen molar-refractivity contribution < 1.29 is 34.8 Å². The molecule has 0 aromatic rings. The lowest BCUT2D eigenvalue weighted by Crippen LogP contribution is -2.65. The molecule has 1 fully saturated rings. The minimum absolute atomic E-state index is 0.156. The average Bonchev–Trinajstić information content (AvgIpc) is 2.50. The maximum Gasteiger partial charge on any atom is 0.243 e. The van der Waals surface area contributed by atoms with Gasteiger partial charge in [0.2, 0.25) is 11.8 Å². The molecule has 12 heteroatoms. The quantitative estimate of drug-likeness (QED) is 0.203. The van der Waals surface area contributed by atoms with E-state index >= 15 is 0 Å². The lowest BCUT2D eigenvalue weighted by atomic mass is 9.97. The molecule has 11 nitrogen and oxygen atoms in total. The summed E-state index contributed by atoms with van der Waals surface area (Å²) in [5.74, 6) is -1.49. The molecule has 1 aliphatic rings. The zero-order valence-corrected chi connectivity index (χ0v) is 13.0. The Labute approximate surface area is 135 Å². The van der Waals surface area contributed by atoms with Crippen molar-refractivity contribution in [2.24, 2.45) is 4.58 Å². The van der Waals surface area contributed by atoms with Gasteiger partial charge in [0.25, 0.3) is 0 Å². The molecule has 0 aromatic carbocycles. The number of carbonyl (C=O) groups excluding carboxylic acids is 2. The molecule has 6 atom stereocenters.